The molecule has 1 amide bonds. The molecule has 0 saturated carbocycles. The van der Waals surface area contributed by atoms with Crippen molar-refractivity contribution < 1.29 is 9.90 Å². The van der Waals surface area contributed by atoms with Gasteiger partial charge in [0.25, 0.3) is 0 Å². The standard InChI is InChI=1S/C11H15N3O2/c12-9-1-3-10(4-2-9)14-6-8(7-14)5-13-11(15)16/h1-4,8,13H,5-7,12H2,(H,15,16). The normalized spacial score (nSPS) is 15.6. The van der Waals surface area contributed by atoms with Crippen molar-refractivity contribution in [1.82, 2.24) is 5.32 Å². The van der Waals surface area contributed by atoms with Gasteiger partial charge in [0, 0.05) is 36.9 Å². The Hall–Kier alpha value is -1.91. The molecular formula is C11H15N3O2. The predicted octanol–water partition coefficient (Wildman–Crippen LogP) is 0.973. The molecule has 0 unspecified atom stereocenters. The molecule has 2 rings (SSSR count). The first-order chi connectivity index (χ1) is 7.65. The van der Waals surface area contributed by atoms with Gasteiger partial charge in [0.1, 0.15) is 0 Å². The lowest BCUT2D eigenvalue weighted by Crippen LogP contribution is -2.51. The molecular weight excluding hydrogens is 206 g/mol. The van der Waals surface area contributed by atoms with Crippen molar-refractivity contribution in [3.63, 3.8) is 0 Å². The van der Waals surface area contributed by atoms with Crippen molar-refractivity contribution in [1.29, 1.82) is 0 Å². The first kappa shape index (κ1) is 10.6. The van der Waals surface area contributed by atoms with E-state index in [0.29, 0.717) is 12.5 Å². The number of anilines is 2. The summed E-state index contributed by atoms with van der Waals surface area (Å²) in [5.74, 6) is 0.411. The molecule has 4 N–H and O–H groups in total. The predicted molar refractivity (Wildman–Crippen MR) is 62.6 cm³/mol. The zero-order valence-electron chi connectivity index (χ0n) is 8.89. The van der Waals surface area contributed by atoms with Crippen molar-refractivity contribution in [2.45, 2.75) is 0 Å². The van der Waals surface area contributed by atoms with Crippen LogP contribution in [0.25, 0.3) is 0 Å². The molecule has 0 spiro atoms. The Kier molecular flexibility index (Phi) is 2.85. The summed E-state index contributed by atoms with van der Waals surface area (Å²) in [6.07, 6.45) is -0.953. The summed E-state index contributed by atoms with van der Waals surface area (Å²) in [5, 5.41) is 10.9. The molecule has 1 saturated heterocycles. The summed E-state index contributed by atoms with van der Waals surface area (Å²) in [6.45, 7) is 2.31. The maximum absolute atomic E-state index is 10.3. The first-order valence-corrected chi connectivity index (χ1v) is 5.22. The third-order valence-corrected chi connectivity index (χ3v) is 2.76. The number of carbonyl (C=O) groups is 1. The Balaban J connectivity index is 1.79. The molecule has 0 radical (unpaired) electrons. The molecule has 0 aliphatic carbocycles. The third-order valence-electron chi connectivity index (χ3n) is 2.76. The van der Waals surface area contributed by atoms with E-state index in [4.69, 9.17) is 10.8 Å². The summed E-state index contributed by atoms with van der Waals surface area (Å²) in [6, 6.07) is 7.71. The number of benzene rings is 1. The molecule has 1 aliphatic rings. The Labute approximate surface area is 93.9 Å². The van der Waals surface area contributed by atoms with E-state index in [2.05, 4.69) is 10.2 Å². The van der Waals surface area contributed by atoms with E-state index in [1.165, 1.54) is 0 Å². The maximum Gasteiger partial charge on any atom is 0.404 e. The lowest BCUT2D eigenvalue weighted by atomic mass is 9.99. The van der Waals surface area contributed by atoms with Crippen LogP contribution in [-0.4, -0.2) is 30.8 Å². The van der Waals surface area contributed by atoms with Crippen molar-refractivity contribution in [2.24, 2.45) is 5.92 Å². The fraction of sp³-hybridized carbons (Fsp3) is 0.364. The van der Waals surface area contributed by atoms with Gasteiger partial charge >= 0.3 is 6.09 Å². The summed E-state index contributed by atoms with van der Waals surface area (Å²) in [7, 11) is 0. The van der Waals surface area contributed by atoms with Gasteiger partial charge in [0.05, 0.1) is 0 Å². The zero-order chi connectivity index (χ0) is 11.5. The molecule has 0 bridgehead atoms. The van der Waals surface area contributed by atoms with Crippen LogP contribution in [0.3, 0.4) is 0 Å². The monoisotopic (exact) mass is 221 g/mol. The number of carboxylic acid groups (broad SMARTS) is 1. The van der Waals surface area contributed by atoms with E-state index in [9.17, 15) is 4.79 Å². The highest BCUT2D eigenvalue weighted by Crippen LogP contribution is 2.24. The van der Waals surface area contributed by atoms with E-state index in [-0.39, 0.29) is 0 Å². The molecule has 1 aromatic rings. The minimum absolute atomic E-state index is 0.411. The van der Waals surface area contributed by atoms with Crippen LogP contribution in [-0.2, 0) is 0 Å². The van der Waals surface area contributed by atoms with E-state index < -0.39 is 6.09 Å². The second-order valence-electron chi connectivity index (χ2n) is 4.05. The summed E-state index contributed by atoms with van der Waals surface area (Å²) < 4.78 is 0. The Morgan fingerprint density at radius 3 is 2.62 bits per heavy atom. The lowest BCUT2D eigenvalue weighted by Gasteiger charge is -2.41. The number of hydrogen-bond acceptors (Lipinski definition) is 3. The van der Waals surface area contributed by atoms with Gasteiger partial charge < -0.3 is 21.1 Å². The number of nitrogens with two attached hydrogens (primary N) is 1. The number of rotatable bonds is 3. The smallest absolute Gasteiger partial charge is 0.404 e. The number of amides is 1. The lowest BCUT2D eigenvalue weighted by molar-refractivity contribution is 0.191. The molecule has 0 atom stereocenters. The summed E-state index contributed by atoms with van der Waals surface area (Å²) in [4.78, 5) is 12.5. The van der Waals surface area contributed by atoms with Crippen molar-refractivity contribution in [3.8, 4) is 0 Å². The SMILES string of the molecule is Nc1ccc(N2CC(CNC(=O)O)C2)cc1. The number of nitrogen functional groups attached to an aromatic ring is 1. The van der Waals surface area contributed by atoms with Gasteiger partial charge in [-0.05, 0) is 24.3 Å². The van der Waals surface area contributed by atoms with Crippen LogP contribution in [0.5, 0.6) is 0 Å². The van der Waals surface area contributed by atoms with E-state index in [1.807, 2.05) is 24.3 Å². The average molecular weight is 221 g/mol. The third kappa shape index (κ3) is 2.36. The van der Waals surface area contributed by atoms with E-state index >= 15 is 0 Å². The quantitative estimate of drug-likeness (QED) is 0.665. The molecule has 16 heavy (non-hydrogen) atoms. The van der Waals surface area contributed by atoms with Crippen LogP contribution < -0.4 is 16.0 Å². The van der Waals surface area contributed by atoms with Gasteiger partial charge in [-0.1, -0.05) is 0 Å². The fourth-order valence-corrected chi connectivity index (χ4v) is 1.83. The fourth-order valence-electron chi connectivity index (χ4n) is 1.83. The number of hydrogen-bond donors (Lipinski definition) is 3. The molecule has 5 nitrogen and oxygen atoms in total. The van der Waals surface area contributed by atoms with Crippen LogP contribution in [0.4, 0.5) is 16.2 Å². The average Bonchev–Trinajstić information content (AvgIpc) is 2.18. The molecule has 1 heterocycles. The Bertz CT molecular complexity index is 371. The maximum atomic E-state index is 10.3. The minimum Gasteiger partial charge on any atom is -0.465 e. The van der Waals surface area contributed by atoms with Gasteiger partial charge in [-0.2, -0.15) is 0 Å². The van der Waals surface area contributed by atoms with Crippen LogP contribution in [0.2, 0.25) is 0 Å². The molecule has 5 heteroatoms. The second-order valence-corrected chi connectivity index (χ2v) is 4.05. The summed E-state index contributed by atoms with van der Waals surface area (Å²) >= 11 is 0. The molecule has 1 aliphatic heterocycles. The van der Waals surface area contributed by atoms with Crippen LogP contribution in [0, 0.1) is 5.92 Å². The summed E-state index contributed by atoms with van der Waals surface area (Å²) in [5.41, 5.74) is 7.50. The van der Waals surface area contributed by atoms with E-state index in [1.54, 1.807) is 0 Å². The highest BCUT2D eigenvalue weighted by molar-refractivity contribution is 5.64. The minimum atomic E-state index is -0.953. The number of nitrogens with zero attached hydrogens (tertiary/aromatic N) is 1. The van der Waals surface area contributed by atoms with Crippen molar-refractivity contribution in [2.75, 3.05) is 30.3 Å². The molecule has 1 aromatic carbocycles. The van der Waals surface area contributed by atoms with Gasteiger partial charge in [0.15, 0.2) is 0 Å². The zero-order valence-corrected chi connectivity index (χ0v) is 8.89. The van der Waals surface area contributed by atoms with Gasteiger partial charge in [-0.15, -0.1) is 0 Å². The second kappa shape index (κ2) is 4.30. The first-order valence-electron chi connectivity index (χ1n) is 5.22. The molecule has 1 fully saturated rings. The van der Waals surface area contributed by atoms with E-state index in [0.717, 1.165) is 24.5 Å². The van der Waals surface area contributed by atoms with Crippen LogP contribution in [0.15, 0.2) is 24.3 Å². The van der Waals surface area contributed by atoms with Crippen LogP contribution >= 0.6 is 0 Å². The van der Waals surface area contributed by atoms with Gasteiger partial charge in [-0.3, -0.25) is 0 Å². The molecule has 0 aromatic heterocycles. The number of nitrogens with one attached hydrogen (secondary N) is 1. The van der Waals surface area contributed by atoms with Crippen molar-refractivity contribution in [3.05, 3.63) is 24.3 Å². The molecule has 86 valence electrons. The Morgan fingerprint density at radius 1 is 1.44 bits per heavy atom. The van der Waals surface area contributed by atoms with Gasteiger partial charge in [0.2, 0.25) is 0 Å². The van der Waals surface area contributed by atoms with Crippen LogP contribution in [0.1, 0.15) is 0 Å². The highest BCUT2D eigenvalue weighted by Gasteiger charge is 2.26. The van der Waals surface area contributed by atoms with Crippen molar-refractivity contribution >= 4 is 17.5 Å². The van der Waals surface area contributed by atoms with Gasteiger partial charge in [-0.25, -0.2) is 4.79 Å². The highest BCUT2D eigenvalue weighted by atomic mass is 16.4. The topological polar surface area (TPSA) is 78.6 Å². The largest absolute Gasteiger partial charge is 0.465 e. The Morgan fingerprint density at radius 2 is 2.06 bits per heavy atom.